The number of hydrogen-bond donors (Lipinski definition) is 0. The van der Waals surface area contributed by atoms with Crippen LogP contribution in [0.1, 0.15) is 43.1 Å². The molecule has 0 spiro atoms. The highest BCUT2D eigenvalue weighted by molar-refractivity contribution is 5.15. The van der Waals surface area contributed by atoms with Crippen molar-refractivity contribution in [3.63, 3.8) is 0 Å². The van der Waals surface area contributed by atoms with Crippen LogP contribution >= 0.6 is 0 Å². The van der Waals surface area contributed by atoms with Gasteiger partial charge in [-0.05, 0) is 50.2 Å². The van der Waals surface area contributed by atoms with Gasteiger partial charge in [-0.3, -0.25) is 0 Å². The summed E-state index contributed by atoms with van der Waals surface area (Å²) in [6.07, 6.45) is 5.76. The highest BCUT2D eigenvalue weighted by Crippen LogP contribution is 2.52. The predicted molar refractivity (Wildman–Crippen MR) is 51.6 cm³/mol. The summed E-state index contributed by atoms with van der Waals surface area (Å²) in [5, 5.41) is 0. The van der Waals surface area contributed by atoms with Crippen molar-refractivity contribution in [3.05, 3.63) is 23.7 Å². The van der Waals surface area contributed by atoms with Gasteiger partial charge in [-0.1, -0.05) is 6.42 Å². The fraction of sp³-hybridized carbons (Fsp3) is 0.667. The van der Waals surface area contributed by atoms with Gasteiger partial charge in [0, 0.05) is 5.92 Å². The van der Waals surface area contributed by atoms with E-state index in [1.807, 2.05) is 6.92 Å². The van der Waals surface area contributed by atoms with Crippen LogP contribution in [0.25, 0.3) is 0 Å². The molecule has 0 aliphatic heterocycles. The average Bonchev–Trinajstić information content (AvgIpc) is 2.77. The molecular formula is C12H16O. The van der Waals surface area contributed by atoms with Crippen molar-refractivity contribution in [2.24, 2.45) is 11.8 Å². The minimum atomic E-state index is 0.757. The van der Waals surface area contributed by atoms with Gasteiger partial charge >= 0.3 is 0 Å². The van der Waals surface area contributed by atoms with E-state index in [0.717, 1.165) is 23.5 Å². The van der Waals surface area contributed by atoms with E-state index in [0.29, 0.717) is 0 Å². The standard InChI is InChI=1S/C12H16O/c1-8-2-5-12(13-8)11-7-9-3-4-10(11)6-9/h2,5,9-11H,3-4,6-7H2,1H3/t9-,10+,11+/m0/s1. The quantitative estimate of drug-likeness (QED) is 0.638. The van der Waals surface area contributed by atoms with Crippen molar-refractivity contribution in [1.82, 2.24) is 0 Å². The second-order valence-corrected chi connectivity index (χ2v) is 4.73. The third-order valence-electron chi connectivity index (χ3n) is 3.86. The molecule has 2 aliphatic carbocycles. The maximum absolute atomic E-state index is 5.72. The highest BCUT2D eigenvalue weighted by atomic mass is 16.3. The van der Waals surface area contributed by atoms with Crippen LogP contribution in [0.4, 0.5) is 0 Å². The first-order valence-electron chi connectivity index (χ1n) is 5.39. The van der Waals surface area contributed by atoms with Gasteiger partial charge in [-0.15, -0.1) is 0 Å². The van der Waals surface area contributed by atoms with E-state index in [1.54, 1.807) is 0 Å². The SMILES string of the molecule is Cc1ccc([C@@H]2C[C@H]3CC[C@@H]2C3)o1. The predicted octanol–water partition coefficient (Wildman–Crippen LogP) is 3.49. The number of fused-ring (bicyclic) bond motifs is 2. The zero-order chi connectivity index (χ0) is 8.84. The summed E-state index contributed by atoms with van der Waals surface area (Å²) in [7, 11) is 0. The summed E-state index contributed by atoms with van der Waals surface area (Å²) >= 11 is 0. The molecule has 70 valence electrons. The molecule has 1 aromatic heterocycles. The van der Waals surface area contributed by atoms with Gasteiger partial charge in [0.05, 0.1) is 0 Å². The Morgan fingerprint density at radius 1 is 1.23 bits per heavy atom. The zero-order valence-electron chi connectivity index (χ0n) is 8.12. The molecule has 0 N–H and O–H groups in total. The molecule has 0 saturated heterocycles. The first-order valence-corrected chi connectivity index (χ1v) is 5.39. The molecule has 0 amide bonds. The van der Waals surface area contributed by atoms with Crippen LogP contribution in [-0.2, 0) is 0 Å². The molecule has 3 atom stereocenters. The molecule has 13 heavy (non-hydrogen) atoms. The first kappa shape index (κ1) is 7.66. The molecule has 2 bridgehead atoms. The number of rotatable bonds is 1. The lowest BCUT2D eigenvalue weighted by molar-refractivity contribution is 0.350. The second-order valence-electron chi connectivity index (χ2n) is 4.73. The molecule has 1 nitrogen and oxygen atoms in total. The van der Waals surface area contributed by atoms with Crippen molar-refractivity contribution in [3.8, 4) is 0 Å². The van der Waals surface area contributed by atoms with E-state index >= 15 is 0 Å². The lowest BCUT2D eigenvalue weighted by Gasteiger charge is -2.18. The molecule has 0 unspecified atom stereocenters. The van der Waals surface area contributed by atoms with Crippen LogP contribution in [0.3, 0.4) is 0 Å². The third kappa shape index (κ3) is 1.13. The minimum Gasteiger partial charge on any atom is -0.466 e. The fourth-order valence-corrected chi connectivity index (χ4v) is 3.25. The van der Waals surface area contributed by atoms with Gasteiger partial charge in [-0.25, -0.2) is 0 Å². The van der Waals surface area contributed by atoms with E-state index in [-0.39, 0.29) is 0 Å². The van der Waals surface area contributed by atoms with Crippen LogP contribution in [0.15, 0.2) is 16.5 Å². The Balaban J connectivity index is 1.87. The first-order chi connectivity index (χ1) is 6.33. The van der Waals surface area contributed by atoms with E-state index in [1.165, 1.54) is 31.4 Å². The summed E-state index contributed by atoms with van der Waals surface area (Å²) in [4.78, 5) is 0. The zero-order valence-corrected chi connectivity index (χ0v) is 8.12. The van der Waals surface area contributed by atoms with Crippen molar-refractivity contribution in [1.29, 1.82) is 0 Å². The van der Waals surface area contributed by atoms with Crippen LogP contribution < -0.4 is 0 Å². The van der Waals surface area contributed by atoms with Gasteiger partial charge in [0.15, 0.2) is 0 Å². The number of hydrogen-bond acceptors (Lipinski definition) is 1. The molecule has 0 aromatic carbocycles. The molecular weight excluding hydrogens is 160 g/mol. The Kier molecular flexibility index (Phi) is 1.55. The maximum atomic E-state index is 5.72. The summed E-state index contributed by atoms with van der Waals surface area (Å²) < 4.78 is 5.72. The number of aryl methyl sites for hydroxylation is 1. The molecule has 1 aromatic rings. The van der Waals surface area contributed by atoms with Crippen LogP contribution in [0.5, 0.6) is 0 Å². The molecule has 2 saturated carbocycles. The Morgan fingerprint density at radius 2 is 2.15 bits per heavy atom. The summed E-state index contributed by atoms with van der Waals surface area (Å²) in [5.41, 5.74) is 0. The maximum Gasteiger partial charge on any atom is 0.107 e. The van der Waals surface area contributed by atoms with Crippen LogP contribution in [-0.4, -0.2) is 0 Å². The van der Waals surface area contributed by atoms with Crippen molar-refractivity contribution in [2.45, 2.75) is 38.5 Å². The van der Waals surface area contributed by atoms with E-state index < -0.39 is 0 Å². The highest BCUT2D eigenvalue weighted by Gasteiger charge is 2.41. The topological polar surface area (TPSA) is 13.1 Å². The molecule has 0 radical (unpaired) electrons. The molecule has 1 heterocycles. The lowest BCUT2D eigenvalue weighted by Crippen LogP contribution is -2.07. The van der Waals surface area contributed by atoms with Crippen molar-refractivity contribution in [2.75, 3.05) is 0 Å². The smallest absolute Gasteiger partial charge is 0.107 e. The van der Waals surface area contributed by atoms with E-state index in [2.05, 4.69) is 12.1 Å². The molecule has 2 fully saturated rings. The second kappa shape index (κ2) is 2.63. The Hall–Kier alpha value is -0.720. The van der Waals surface area contributed by atoms with E-state index in [4.69, 9.17) is 4.42 Å². The van der Waals surface area contributed by atoms with Gasteiger partial charge in [-0.2, -0.15) is 0 Å². The summed E-state index contributed by atoms with van der Waals surface area (Å²) in [6.45, 7) is 2.04. The minimum absolute atomic E-state index is 0.757. The summed E-state index contributed by atoms with van der Waals surface area (Å²) in [5.74, 6) is 5.03. The van der Waals surface area contributed by atoms with Crippen molar-refractivity contribution < 1.29 is 4.42 Å². The Bertz CT molecular complexity index is 313. The normalized spacial score (nSPS) is 37.2. The van der Waals surface area contributed by atoms with E-state index in [9.17, 15) is 0 Å². The average molecular weight is 176 g/mol. The number of furan rings is 1. The molecule has 3 rings (SSSR count). The monoisotopic (exact) mass is 176 g/mol. The van der Waals surface area contributed by atoms with Gasteiger partial charge in [0.25, 0.3) is 0 Å². The largest absolute Gasteiger partial charge is 0.466 e. The third-order valence-corrected chi connectivity index (χ3v) is 3.86. The van der Waals surface area contributed by atoms with Crippen LogP contribution in [0.2, 0.25) is 0 Å². The van der Waals surface area contributed by atoms with Gasteiger partial charge in [0.2, 0.25) is 0 Å². The molecule has 1 heteroatoms. The lowest BCUT2D eigenvalue weighted by atomic mass is 9.87. The summed E-state index contributed by atoms with van der Waals surface area (Å²) in [6, 6.07) is 4.28. The fourth-order valence-electron chi connectivity index (χ4n) is 3.25. The van der Waals surface area contributed by atoms with Crippen molar-refractivity contribution >= 4 is 0 Å². The van der Waals surface area contributed by atoms with Gasteiger partial charge in [0.1, 0.15) is 11.5 Å². The Labute approximate surface area is 79.1 Å². The van der Waals surface area contributed by atoms with Gasteiger partial charge < -0.3 is 4.42 Å². The molecule has 2 aliphatic rings. The Morgan fingerprint density at radius 3 is 2.69 bits per heavy atom. The van der Waals surface area contributed by atoms with Crippen LogP contribution in [0, 0.1) is 18.8 Å².